The number of rotatable bonds is 4. The van der Waals surface area contributed by atoms with Crippen LogP contribution < -0.4 is 10.9 Å². The molecule has 0 aliphatic heterocycles. The van der Waals surface area contributed by atoms with E-state index in [2.05, 4.69) is 16.0 Å². The number of carbonyl (C=O) groups is 2. The number of hydrogen-bond donors (Lipinski definition) is 2. The zero-order chi connectivity index (χ0) is 17.7. The van der Waals surface area contributed by atoms with Crippen molar-refractivity contribution in [1.82, 2.24) is 20.6 Å². The van der Waals surface area contributed by atoms with Crippen LogP contribution in [0.25, 0.3) is 6.08 Å². The molecule has 2 N–H and O–H groups in total. The molecule has 0 saturated carbocycles. The number of benzene rings is 1. The molecule has 0 aliphatic rings. The van der Waals surface area contributed by atoms with Gasteiger partial charge in [0.1, 0.15) is 5.15 Å². The van der Waals surface area contributed by atoms with Gasteiger partial charge in [0, 0.05) is 24.3 Å². The molecule has 7 heteroatoms. The van der Waals surface area contributed by atoms with E-state index in [0.29, 0.717) is 22.0 Å². The first-order valence-corrected chi connectivity index (χ1v) is 7.86. The standard InChI is InChI=1S/C17H19ClN4O2/c1-4-12-5-7-13(8-6-12)17(24)20-19-15(23)10-9-14-11(2)21-22(3)16(14)18/h5-10H,4H2,1-3H3,(H,19,23)(H,20,24)/b10-9+. The molecule has 126 valence electrons. The Morgan fingerprint density at radius 3 is 2.46 bits per heavy atom. The van der Waals surface area contributed by atoms with E-state index in [1.807, 2.05) is 19.1 Å². The lowest BCUT2D eigenvalue weighted by atomic mass is 10.1. The Morgan fingerprint density at radius 2 is 1.92 bits per heavy atom. The van der Waals surface area contributed by atoms with Crippen molar-refractivity contribution < 1.29 is 9.59 Å². The van der Waals surface area contributed by atoms with Crippen molar-refractivity contribution >= 4 is 29.5 Å². The normalized spacial score (nSPS) is 10.8. The van der Waals surface area contributed by atoms with Gasteiger partial charge in [-0.3, -0.25) is 25.1 Å². The van der Waals surface area contributed by atoms with Crippen molar-refractivity contribution in [2.75, 3.05) is 0 Å². The molecule has 1 aromatic carbocycles. The lowest BCUT2D eigenvalue weighted by Crippen LogP contribution is -2.40. The molecule has 1 heterocycles. The third-order valence-electron chi connectivity index (χ3n) is 3.52. The average molecular weight is 347 g/mol. The number of carbonyl (C=O) groups excluding carboxylic acids is 2. The average Bonchev–Trinajstić information content (AvgIpc) is 2.83. The van der Waals surface area contributed by atoms with E-state index in [-0.39, 0.29) is 5.91 Å². The second-order valence-electron chi connectivity index (χ2n) is 5.24. The Kier molecular flexibility index (Phi) is 5.76. The molecule has 0 atom stereocenters. The van der Waals surface area contributed by atoms with E-state index in [1.165, 1.54) is 10.8 Å². The second kappa shape index (κ2) is 7.79. The number of aromatic nitrogens is 2. The van der Waals surface area contributed by atoms with Gasteiger partial charge in [0.2, 0.25) is 0 Å². The SMILES string of the molecule is CCc1ccc(C(=O)NNC(=O)/C=C/c2c(C)nn(C)c2Cl)cc1. The largest absolute Gasteiger partial charge is 0.269 e. The first-order chi connectivity index (χ1) is 11.4. The number of hydrogen-bond acceptors (Lipinski definition) is 3. The molecule has 0 radical (unpaired) electrons. The smallest absolute Gasteiger partial charge is 0.268 e. The summed E-state index contributed by atoms with van der Waals surface area (Å²) < 4.78 is 1.52. The van der Waals surface area contributed by atoms with Crippen LogP contribution in [0.5, 0.6) is 0 Å². The van der Waals surface area contributed by atoms with Crippen molar-refractivity contribution in [2.24, 2.45) is 7.05 Å². The number of halogens is 1. The Hall–Kier alpha value is -2.60. The predicted molar refractivity (Wildman–Crippen MR) is 93.4 cm³/mol. The summed E-state index contributed by atoms with van der Waals surface area (Å²) in [4.78, 5) is 23.7. The fraction of sp³-hybridized carbons (Fsp3) is 0.235. The molecular weight excluding hydrogens is 328 g/mol. The molecule has 0 fully saturated rings. The predicted octanol–water partition coefficient (Wildman–Crippen LogP) is 2.42. The Balaban J connectivity index is 1.92. The molecule has 2 aromatic rings. The van der Waals surface area contributed by atoms with Gasteiger partial charge in [-0.2, -0.15) is 5.10 Å². The summed E-state index contributed by atoms with van der Waals surface area (Å²) in [6.45, 7) is 3.84. The maximum atomic E-state index is 12.0. The van der Waals surface area contributed by atoms with Crippen LogP contribution in [0.2, 0.25) is 5.15 Å². The highest BCUT2D eigenvalue weighted by Crippen LogP contribution is 2.19. The highest BCUT2D eigenvalue weighted by Gasteiger charge is 2.09. The van der Waals surface area contributed by atoms with Crippen LogP contribution in [0.15, 0.2) is 30.3 Å². The van der Waals surface area contributed by atoms with Crippen molar-refractivity contribution in [3.05, 3.63) is 57.9 Å². The van der Waals surface area contributed by atoms with E-state index in [1.54, 1.807) is 32.2 Å². The van der Waals surface area contributed by atoms with Crippen molar-refractivity contribution in [1.29, 1.82) is 0 Å². The molecule has 24 heavy (non-hydrogen) atoms. The van der Waals surface area contributed by atoms with Gasteiger partial charge in [0.25, 0.3) is 11.8 Å². The molecule has 0 spiro atoms. The monoisotopic (exact) mass is 346 g/mol. The maximum Gasteiger partial charge on any atom is 0.269 e. The molecule has 6 nitrogen and oxygen atoms in total. The van der Waals surface area contributed by atoms with Crippen molar-refractivity contribution in [3.8, 4) is 0 Å². The number of amides is 2. The summed E-state index contributed by atoms with van der Waals surface area (Å²) in [7, 11) is 1.72. The molecule has 2 rings (SSSR count). The Morgan fingerprint density at radius 1 is 1.25 bits per heavy atom. The molecule has 2 amide bonds. The van der Waals surface area contributed by atoms with Crippen LogP contribution in [-0.4, -0.2) is 21.6 Å². The third-order valence-corrected chi connectivity index (χ3v) is 3.97. The third kappa shape index (κ3) is 4.23. The molecule has 0 saturated heterocycles. The van der Waals surface area contributed by atoms with E-state index in [9.17, 15) is 9.59 Å². The van der Waals surface area contributed by atoms with Gasteiger partial charge in [-0.15, -0.1) is 0 Å². The summed E-state index contributed by atoms with van der Waals surface area (Å²) in [5.74, 6) is -0.845. The summed E-state index contributed by atoms with van der Waals surface area (Å²) in [6, 6.07) is 7.19. The molecular formula is C17H19ClN4O2. The first-order valence-electron chi connectivity index (χ1n) is 7.48. The van der Waals surface area contributed by atoms with E-state index >= 15 is 0 Å². The Bertz CT molecular complexity index is 779. The zero-order valence-corrected chi connectivity index (χ0v) is 14.5. The number of hydrazine groups is 1. The van der Waals surface area contributed by atoms with E-state index in [4.69, 9.17) is 11.6 Å². The molecule has 0 unspecified atom stereocenters. The van der Waals surface area contributed by atoms with E-state index < -0.39 is 5.91 Å². The minimum Gasteiger partial charge on any atom is -0.268 e. The fourth-order valence-electron chi connectivity index (χ4n) is 2.12. The number of nitrogens with zero attached hydrogens (tertiary/aromatic N) is 2. The second-order valence-corrected chi connectivity index (χ2v) is 5.60. The first kappa shape index (κ1) is 17.7. The quantitative estimate of drug-likeness (QED) is 0.659. The molecule has 0 aliphatic carbocycles. The van der Waals surface area contributed by atoms with Gasteiger partial charge in [-0.25, -0.2) is 0 Å². The molecule has 0 bridgehead atoms. The summed E-state index contributed by atoms with van der Waals surface area (Å²) >= 11 is 6.08. The van der Waals surface area contributed by atoms with Crippen LogP contribution >= 0.6 is 11.6 Å². The Labute approximate surface area is 145 Å². The summed E-state index contributed by atoms with van der Waals surface area (Å²) in [6.07, 6.45) is 3.75. The van der Waals surface area contributed by atoms with Gasteiger partial charge >= 0.3 is 0 Å². The maximum absolute atomic E-state index is 12.0. The van der Waals surface area contributed by atoms with E-state index in [0.717, 1.165) is 12.0 Å². The molecule has 1 aromatic heterocycles. The number of nitrogens with one attached hydrogen (secondary N) is 2. The minimum atomic E-state index is -0.465. The fourth-order valence-corrected chi connectivity index (χ4v) is 2.36. The van der Waals surface area contributed by atoms with Crippen LogP contribution in [0.3, 0.4) is 0 Å². The summed E-state index contributed by atoms with van der Waals surface area (Å²) in [5.41, 5.74) is 7.69. The van der Waals surface area contributed by atoms with Crippen LogP contribution in [0.4, 0.5) is 0 Å². The van der Waals surface area contributed by atoms with Crippen LogP contribution in [0, 0.1) is 6.92 Å². The lowest BCUT2D eigenvalue weighted by Gasteiger charge is -2.06. The minimum absolute atomic E-state index is 0.380. The van der Waals surface area contributed by atoms with Gasteiger partial charge in [-0.05, 0) is 37.1 Å². The van der Waals surface area contributed by atoms with Gasteiger partial charge in [-0.1, -0.05) is 30.7 Å². The highest BCUT2D eigenvalue weighted by molar-refractivity contribution is 6.31. The van der Waals surface area contributed by atoms with Gasteiger partial charge in [0.05, 0.1) is 5.69 Å². The number of aryl methyl sites for hydroxylation is 3. The van der Waals surface area contributed by atoms with Crippen LogP contribution in [0.1, 0.15) is 34.1 Å². The topological polar surface area (TPSA) is 76.0 Å². The van der Waals surface area contributed by atoms with Crippen molar-refractivity contribution in [3.63, 3.8) is 0 Å². The van der Waals surface area contributed by atoms with Gasteiger partial charge < -0.3 is 0 Å². The van der Waals surface area contributed by atoms with Gasteiger partial charge in [0.15, 0.2) is 0 Å². The zero-order valence-electron chi connectivity index (χ0n) is 13.8. The van der Waals surface area contributed by atoms with Crippen molar-refractivity contribution in [2.45, 2.75) is 20.3 Å². The summed E-state index contributed by atoms with van der Waals surface area (Å²) in [5, 5.41) is 4.59. The van der Waals surface area contributed by atoms with Crippen LogP contribution in [-0.2, 0) is 18.3 Å². The lowest BCUT2D eigenvalue weighted by molar-refractivity contribution is -0.117. The highest BCUT2D eigenvalue weighted by atomic mass is 35.5.